The van der Waals surface area contributed by atoms with E-state index in [2.05, 4.69) is 20.8 Å². The van der Waals surface area contributed by atoms with Crippen molar-refractivity contribution in [3.8, 4) is 0 Å². The number of aromatic amines is 1. The van der Waals surface area contributed by atoms with Crippen molar-refractivity contribution in [3.63, 3.8) is 0 Å². The zero-order valence-corrected chi connectivity index (χ0v) is 16.6. The van der Waals surface area contributed by atoms with E-state index in [-0.39, 0.29) is 34.8 Å². The average Bonchev–Trinajstić information content (AvgIpc) is 2.91. The fraction of sp³-hybridized carbons (Fsp3) is 0.222. The summed E-state index contributed by atoms with van der Waals surface area (Å²) >= 11 is 7.25. The minimum atomic E-state index is -0.637. The second-order valence-electron chi connectivity index (χ2n) is 6.13. The first-order valence-electron chi connectivity index (χ1n) is 8.25. The van der Waals surface area contributed by atoms with Gasteiger partial charge in [-0.1, -0.05) is 17.7 Å². The van der Waals surface area contributed by atoms with Crippen LogP contribution in [0, 0.1) is 19.7 Å². The summed E-state index contributed by atoms with van der Waals surface area (Å²) in [5.41, 5.74) is 4.99. The summed E-state index contributed by atoms with van der Waals surface area (Å²) in [6, 6.07) is 4.10. The smallest absolute Gasteiger partial charge is 0.259 e. The van der Waals surface area contributed by atoms with Gasteiger partial charge in [0, 0.05) is 15.5 Å². The Balaban J connectivity index is 1.62. The first-order valence-corrected chi connectivity index (χ1v) is 9.45. The number of carbonyl (C=O) groups is 2. The zero-order chi connectivity index (χ0) is 20.4. The molecule has 0 atom stereocenters. The molecule has 0 radical (unpaired) electrons. The van der Waals surface area contributed by atoms with Crippen molar-refractivity contribution in [1.29, 1.82) is 0 Å². The first-order chi connectivity index (χ1) is 13.3. The monoisotopic (exact) mass is 422 g/mol. The topological polar surface area (TPSA) is 104 Å². The lowest BCUT2D eigenvalue weighted by molar-refractivity contribution is -0.128. The molecule has 3 rings (SSSR count). The van der Waals surface area contributed by atoms with E-state index < -0.39 is 17.6 Å². The van der Waals surface area contributed by atoms with Crippen LogP contribution in [0.5, 0.6) is 0 Å². The van der Waals surface area contributed by atoms with Crippen LogP contribution in [0.25, 0.3) is 10.2 Å². The number of amides is 2. The maximum Gasteiger partial charge on any atom is 0.259 e. The number of aromatic nitrogens is 2. The number of carbonyl (C=O) groups excluding carboxylic acids is 2. The highest BCUT2D eigenvalue weighted by molar-refractivity contribution is 7.18. The van der Waals surface area contributed by atoms with Crippen LogP contribution >= 0.6 is 22.9 Å². The molecular formula is C18H16ClFN4O3S. The van der Waals surface area contributed by atoms with Gasteiger partial charge in [0.2, 0.25) is 11.8 Å². The Hall–Kier alpha value is -2.78. The van der Waals surface area contributed by atoms with Crippen LogP contribution in [0.15, 0.2) is 23.0 Å². The standard InChI is InChI=1S/C18H16ClFN4O3S/c1-8-9(2)28-18-16(8)17(27)21-13(22-18)7-15(26)24-23-14(25)6-10-11(19)4-3-5-12(10)20/h3-5H,6-7H2,1-2H3,(H,23,25)(H,24,26)(H,21,22,27). The van der Waals surface area contributed by atoms with Gasteiger partial charge in [-0.05, 0) is 31.5 Å². The summed E-state index contributed by atoms with van der Waals surface area (Å²) in [7, 11) is 0. The van der Waals surface area contributed by atoms with Gasteiger partial charge in [0.05, 0.1) is 18.2 Å². The van der Waals surface area contributed by atoms with E-state index in [0.29, 0.717) is 10.2 Å². The second-order valence-corrected chi connectivity index (χ2v) is 7.74. The number of hydrogen-bond acceptors (Lipinski definition) is 5. The van der Waals surface area contributed by atoms with Crippen LogP contribution in [-0.2, 0) is 22.4 Å². The Kier molecular flexibility index (Phi) is 5.76. The van der Waals surface area contributed by atoms with Gasteiger partial charge in [-0.15, -0.1) is 11.3 Å². The van der Waals surface area contributed by atoms with Crippen molar-refractivity contribution in [2.24, 2.45) is 0 Å². The summed E-state index contributed by atoms with van der Waals surface area (Å²) in [5.74, 6) is -1.64. The Morgan fingerprint density at radius 1 is 1.21 bits per heavy atom. The number of hydrogen-bond donors (Lipinski definition) is 3. The molecule has 0 saturated heterocycles. The Bertz CT molecular complexity index is 1120. The normalized spacial score (nSPS) is 10.9. The molecule has 0 fully saturated rings. The highest BCUT2D eigenvalue weighted by Crippen LogP contribution is 2.25. The second kappa shape index (κ2) is 8.07. The van der Waals surface area contributed by atoms with Crippen LogP contribution in [0.3, 0.4) is 0 Å². The molecule has 0 aliphatic carbocycles. The number of aryl methyl sites for hydroxylation is 2. The van der Waals surface area contributed by atoms with Gasteiger partial charge in [-0.3, -0.25) is 25.2 Å². The van der Waals surface area contributed by atoms with Gasteiger partial charge in [-0.25, -0.2) is 9.37 Å². The van der Waals surface area contributed by atoms with Crippen molar-refractivity contribution < 1.29 is 14.0 Å². The lowest BCUT2D eigenvalue weighted by Crippen LogP contribution is -2.43. The third-order valence-electron chi connectivity index (χ3n) is 4.16. The molecule has 0 aliphatic heterocycles. The van der Waals surface area contributed by atoms with Crippen molar-refractivity contribution in [3.05, 3.63) is 61.2 Å². The summed E-state index contributed by atoms with van der Waals surface area (Å²) < 4.78 is 13.7. The van der Waals surface area contributed by atoms with Crippen molar-refractivity contribution >= 4 is 45.0 Å². The maximum atomic E-state index is 13.7. The van der Waals surface area contributed by atoms with Gasteiger partial charge in [0.1, 0.15) is 16.5 Å². The third-order valence-corrected chi connectivity index (χ3v) is 5.61. The number of nitrogens with zero attached hydrogens (tertiary/aromatic N) is 1. The first kappa shape index (κ1) is 20.0. The zero-order valence-electron chi connectivity index (χ0n) is 15.0. The molecule has 0 bridgehead atoms. The summed E-state index contributed by atoms with van der Waals surface area (Å²) in [6.45, 7) is 3.74. The number of hydrazine groups is 1. The highest BCUT2D eigenvalue weighted by Gasteiger charge is 2.15. The Labute approximate surface area is 167 Å². The van der Waals surface area contributed by atoms with E-state index in [4.69, 9.17) is 11.6 Å². The van der Waals surface area contributed by atoms with Crippen LogP contribution < -0.4 is 16.4 Å². The molecule has 2 heterocycles. The molecule has 7 nitrogen and oxygen atoms in total. The molecule has 28 heavy (non-hydrogen) atoms. The molecule has 3 N–H and O–H groups in total. The lowest BCUT2D eigenvalue weighted by atomic mass is 10.1. The highest BCUT2D eigenvalue weighted by atomic mass is 35.5. The number of thiophene rings is 1. The average molecular weight is 423 g/mol. The molecule has 0 unspecified atom stereocenters. The van der Waals surface area contributed by atoms with Gasteiger partial charge in [0.25, 0.3) is 5.56 Å². The van der Waals surface area contributed by atoms with E-state index in [0.717, 1.165) is 10.4 Å². The third kappa shape index (κ3) is 4.20. The lowest BCUT2D eigenvalue weighted by Gasteiger charge is -2.09. The van der Waals surface area contributed by atoms with Crippen LogP contribution in [0.2, 0.25) is 5.02 Å². The molecule has 1 aromatic carbocycles. The molecule has 3 aromatic rings. The minimum absolute atomic E-state index is 0.0378. The molecule has 10 heteroatoms. The van der Waals surface area contributed by atoms with Crippen molar-refractivity contribution in [1.82, 2.24) is 20.8 Å². The summed E-state index contributed by atoms with van der Waals surface area (Å²) in [6.07, 6.45) is -0.567. The molecule has 0 spiro atoms. The number of nitrogens with one attached hydrogen (secondary N) is 3. The quantitative estimate of drug-likeness (QED) is 0.561. The van der Waals surface area contributed by atoms with E-state index in [1.54, 1.807) is 0 Å². The van der Waals surface area contributed by atoms with E-state index in [1.165, 1.54) is 29.5 Å². The fourth-order valence-electron chi connectivity index (χ4n) is 2.62. The molecule has 2 aromatic heterocycles. The van der Waals surface area contributed by atoms with Crippen molar-refractivity contribution in [2.75, 3.05) is 0 Å². The Morgan fingerprint density at radius 2 is 1.89 bits per heavy atom. The molecular weight excluding hydrogens is 407 g/mol. The Morgan fingerprint density at radius 3 is 2.57 bits per heavy atom. The van der Waals surface area contributed by atoms with Gasteiger partial charge in [0.15, 0.2) is 0 Å². The SMILES string of the molecule is Cc1sc2nc(CC(=O)NNC(=O)Cc3c(F)cccc3Cl)[nH]c(=O)c2c1C. The van der Waals surface area contributed by atoms with Gasteiger partial charge in [-0.2, -0.15) is 0 Å². The number of benzene rings is 1. The molecule has 0 saturated carbocycles. The number of H-pyrrole nitrogens is 1. The number of halogens is 2. The van der Waals surface area contributed by atoms with Gasteiger partial charge < -0.3 is 4.98 Å². The van der Waals surface area contributed by atoms with Crippen LogP contribution in [0.4, 0.5) is 4.39 Å². The predicted octanol–water partition coefficient (Wildman–Crippen LogP) is 2.33. The van der Waals surface area contributed by atoms with E-state index in [9.17, 15) is 18.8 Å². The van der Waals surface area contributed by atoms with Gasteiger partial charge >= 0.3 is 0 Å². The van der Waals surface area contributed by atoms with Crippen LogP contribution in [0.1, 0.15) is 21.8 Å². The van der Waals surface area contributed by atoms with E-state index >= 15 is 0 Å². The fourth-order valence-corrected chi connectivity index (χ4v) is 3.90. The van der Waals surface area contributed by atoms with Crippen LogP contribution in [-0.4, -0.2) is 21.8 Å². The maximum absolute atomic E-state index is 13.7. The summed E-state index contributed by atoms with van der Waals surface area (Å²) in [5, 5.41) is 0.639. The minimum Gasteiger partial charge on any atom is -0.309 e. The molecule has 2 amide bonds. The molecule has 146 valence electrons. The van der Waals surface area contributed by atoms with Crippen molar-refractivity contribution in [2.45, 2.75) is 26.7 Å². The van der Waals surface area contributed by atoms with E-state index in [1.807, 2.05) is 13.8 Å². The predicted molar refractivity (Wildman–Crippen MR) is 105 cm³/mol. The summed E-state index contributed by atoms with van der Waals surface area (Å²) in [4.78, 5) is 44.6. The number of fused-ring (bicyclic) bond motifs is 1. The molecule has 0 aliphatic rings. The largest absolute Gasteiger partial charge is 0.309 e. The number of rotatable bonds is 4.